The van der Waals surface area contributed by atoms with Gasteiger partial charge in [0.2, 0.25) is 0 Å². The summed E-state index contributed by atoms with van der Waals surface area (Å²) in [5.74, 6) is -1.65. The van der Waals surface area contributed by atoms with Crippen LogP contribution < -0.4 is 10.9 Å². The number of benzene rings is 2. The van der Waals surface area contributed by atoms with E-state index in [0.717, 1.165) is 5.56 Å². The molecule has 0 saturated carbocycles. The third kappa shape index (κ3) is 3.38. The quantitative estimate of drug-likeness (QED) is 0.643. The molecule has 24 heavy (non-hydrogen) atoms. The zero-order chi connectivity index (χ0) is 17.1. The van der Waals surface area contributed by atoms with Crippen LogP contribution in [0.3, 0.4) is 0 Å². The van der Waals surface area contributed by atoms with Crippen LogP contribution in [0.1, 0.15) is 26.3 Å². The minimum absolute atomic E-state index is 0.255. The van der Waals surface area contributed by atoms with E-state index in [1.54, 1.807) is 36.4 Å². The van der Waals surface area contributed by atoms with Crippen molar-refractivity contribution in [1.82, 2.24) is 10.9 Å². The highest BCUT2D eigenvalue weighted by molar-refractivity contribution is 6.30. The molecule has 0 fully saturated rings. The molecule has 2 amide bonds. The average Bonchev–Trinajstić information content (AvgIpc) is 2.60. The van der Waals surface area contributed by atoms with Gasteiger partial charge in [0.25, 0.3) is 11.8 Å². The van der Waals surface area contributed by atoms with Crippen molar-refractivity contribution in [2.75, 3.05) is 0 Å². The average molecular weight is 345 g/mol. The standard InChI is InChI=1S/C17H13ClN2O4/c18-12-7-5-10(6-8-12)15(21)19-20-16(22)14-9-11-3-1-2-4-13(11)17(23)24-14/h1-8,14H,9H2,(H,19,21)(H,20,22). The summed E-state index contributed by atoms with van der Waals surface area (Å²) in [6.07, 6.45) is -0.734. The van der Waals surface area contributed by atoms with Gasteiger partial charge < -0.3 is 4.74 Å². The maximum atomic E-state index is 12.1. The second-order valence-electron chi connectivity index (χ2n) is 5.21. The van der Waals surface area contributed by atoms with Gasteiger partial charge in [-0.15, -0.1) is 0 Å². The predicted molar refractivity (Wildman–Crippen MR) is 86.4 cm³/mol. The van der Waals surface area contributed by atoms with Gasteiger partial charge in [0.1, 0.15) is 0 Å². The molecule has 1 heterocycles. The zero-order valence-corrected chi connectivity index (χ0v) is 13.2. The second-order valence-corrected chi connectivity index (χ2v) is 5.64. The Morgan fingerprint density at radius 2 is 1.75 bits per heavy atom. The molecule has 1 unspecified atom stereocenters. The van der Waals surface area contributed by atoms with E-state index in [9.17, 15) is 14.4 Å². The topological polar surface area (TPSA) is 84.5 Å². The Labute approximate surface area is 142 Å². The number of hydrazine groups is 1. The summed E-state index contributed by atoms with van der Waals surface area (Å²) in [6.45, 7) is 0. The van der Waals surface area contributed by atoms with E-state index in [1.165, 1.54) is 12.1 Å². The Bertz CT molecular complexity index is 804. The molecule has 122 valence electrons. The molecule has 7 heteroatoms. The minimum Gasteiger partial charge on any atom is -0.448 e. The highest BCUT2D eigenvalue weighted by Crippen LogP contribution is 2.20. The monoisotopic (exact) mass is 344 g/mol. The third-order valence-electron chi connectivity index (χ3n) is 3.59. The Morgan fingerprint density at radius 3 is 2.50 bits per heavy atom. The SMILES string of the molecule is O=C(NNC(=O)C1Cc2ccccc2C(=O)O1)c1ccc(Cl)cc1. The fourth-order valence-electron chi connectivity index (χ4n) is 2.35. The van der Waals surface area contributed by atoms with Gasteiger partial charge in [-0.3, -0.25) is 20.4 Å². The van der Waals surface area contributed by atoms with E-state index in [2.05, 4.69) is 10.9 Å². The third-order valence-corrected chi connectivity index (χ3v) is 3.84. The predicted octanol–water partition coefficient (Wildman–Crippen LogP) is 1.88. The van der Waals surface area contributed by atoms with Crippen molar-refractivity contribution >= 4 is 29.4 Å². The van der Waals surface area contributed by atoms with Gasteiger partial charge in [-0.1, -0.05) is 29.8 Å². The number of esters is 1. The summed E-state index contributed by atoms with van der Waals surface area (Å²) in [6, 6.07) is 13.1. The first-order chi connectivity index (χ1) is 11.5. The van der Waals surface area contributed by atoms with E-state index in [1.807, 2.05) is 0 Å². The van der Waals surface area contributed by atoms with E-state index >= 15 is 0 Å². The van der Waals surface area contributed by atoms with E-state index in [0.29, 0.717) is 16.1 Å². The number of carbonyl (C=O) groups is 3. The fourth-order valence-corrected chi connectivity index (χ4v) is 2.48. The van der Waals surface area contributed by atoms with Crippen molar-refractivity contribution in [2.24, 2.45) is 0 Å². The minimum atomic E-state index is -0.988. The zero-order valence-electron chi connectivity index (χ0n) is 12.4. The second kappa shape index (κ2) is 6.72. The molecule has 0 saturated heterocycles. The molecule has 2 aromatic rings. The van der Waals surface area contributed by atoms with Crippen molar-refractivity contribution in [2.45, 2.75) is 12.5 Å². The van der Waals surface area contributed by atoms with E-state index in [-0.39, 0.29) is 6.42 Å². The molecule has 0 aromatic heterocycles. The Morgan fingerprint density at radius 1 is 1.04 bits per heavy atom. The van der Waals surface area contributed by atoms with E-state index in [4.69, 9.17) is 16.3 Å². The van der Waals surface area contributed by atoms with Crippen molar-refractivity contribution in [3.05, 3.63) is 70.2 Å². The number of ether oxygens (including phenoxy) is 1. The highest BCUT2D eigenvalue weighted by atomic mass is 35.5. The van der Waals surface area contributed by atoms with Gasteiger partial charge in [-0.05, 0) is 35.9 Å². The first-order valence-electron chi connectivity index (χ1n) is 7.19. The molecule has 1 atom stereocenters. The number of fused-ring (bicyclic) bond motifs is 1. The summed E-state index contributed by atoms with van der Waals surface area (Å²) in [7, 11) is 0. The van der Waals surface area contributed by atoms with Crippen LogP contribution in [0.25, 0.3) is 0 Å². The van der Waals surface area contributed by atoms with Crippen LogP contribution in [0.4, 0.5) is 0 Å². The molecule has 2 N–H and O–H groups in total. The van der Waals surface area contributed by atoms with Gasteiger partial charge in [0.05, 0.1) is 5.56 Å². The molecule has 0 radical (unpaired) electrons. The van der Waals surface area contributed by atoms with Crippen LogP contribution in [0, 0.1) is 0 Å². The number of hydrogen-bond donors (Lipinski definition) is 2. The van der Waals surface area contributed by atoms with Crippen molar-refractivity contribution in [3.8, 4) is 0 Å². The summed E-state index contributed by atoms with van der Waals surface area (Å²) in [5.41, 5.74) is 6.07. The van der Waals surface area contributed by atoms with Crippen LogP contribution >= 0.6 is 11.6 Å². The van der Waals surface area contributed by atoms with Crippen LogP contribution in [-0.4, -0.2) is 23.9 Å². The van der Waals surface area contributed by atoms with Crippen LogP contribution in [-0.2, 0) is 16.0 Å². The lowest BCUT2D eigenvalue weighted by Gasteiger charge is -2.23. The molecule has 2 aromatic carbocycles. The normalized spacial score (nSPS) is 15.9. The molecular weight excluding hydrogens is 332 g/mol. The van der Waals surface area contributed by atoms with Crippen LogP contribution in [0.15, 0.2) is 48.5 Å². The largest absolute Gasteiger partial charge is 0.448 e. The first-order valence-corrected chi connectivity index (χ1v) is 7.57. The molecular formula is C17H13ClN2O4. The number of nitrogens with one attached hydrogen (secondary N) is 2. The van der Waals surface area contributed by atoms with Crippen molar-refractivity contribution in [3.63, 3.8) is 0 Å². The van der Waals surface area contributed by atoms with Crippen LogP contribution in [0.5, 0.6) is 0 Å². The van der Waals surface area contributed by atoms with Crippen molar-refractivity contribution < 1.29 is 19.1 Å². The molecule has 0 bridgehead atoms. The van der Waals surface area contributed by atoms with Gasteiger partial charge in [0.15, 0.2) is 6.10 Å². The van der Waals surface area contributed by atoms with Crippen LogP contribution in [0.2, 0.25) is 5.02 Å². The van der Waals surface area contributed by atoms with Gasteiger partial charge >= 0.3 is 5.97 Å². The lowest BCUT2D eigenvalue weighted by molar-refractivity contribution is -0.131. The van der Waals surface area contributed by atoms with Gasteiger partial charge in [-0.2, -0.15) is 0 Å². The number of halogens is 1. The molecule has 3 rings (SSSR count). The molecule has 0 aliphatic carbocycles. The summed E-state index contributed by atoms with van der Waals surface area (Å²) in [5, 5.41) is 0.503. The van der Waals surface area contributed by atoms with Gasteiger partial charge in [0, 0.05) is 17.0 Å². The molecule has 1 aliphatic heterocycles. The van der Waals surface area contributed by atoms with Gasteiger partial charge in [-0.25, -0.2) is 4.79 Å². The molecule has 6 nitrogen and oxygen atoms in total. The number of hydrogen-bond acceptors (Lipinski definition) is 4. The van der Waals surface area contributed by atoms with Crippen molar-refractivity contribution in [1.29, 1.82) is 0 Å². The fraction of sp³-hybridized carbons (Fsp3) is 0.118. The molecule has 0 spiro atoms. The smallest absolute Gasteiger partial charge is 0.339 e. The Hall–Kier alpha value is -2.86. The highest BCUT2D eigenvalue weighted by Gasteiger charge is 2.31. The maximum Gasteiger partial charge on any atom is 0.339 e. The number of amides is 2. The lowest BCUT2D eigenvalue weighted by Crippen LogP contribution is -2.49. The Kier molecular flexibility index (Phi) is 4.48. The summed E-state index contributed by atoms with van der Waals surface area (Å²) < 4.78 is 5.11. The summed E-state index contributed by atoms with van der Waals surface area (Å²) in [4.78, 5) is 35.9. The number of rotatable bonds is 2. The number of carbonyl (C=O) groups excluding carboxylic acids is 3. The molecule has 1 aliphatic rings. The van der Waals surface area contributed by atoms with E-state index < -0.39 is 23.9 Å². The Balaban J connectivity index is 1.61. The maximum absolute atomic E-state index is 12.1. The first kappa shape index (κ1) is 16.0. The number of cyclic esters (lactones) is 1. The lowest BCUT2D eigenvalue weighted by atomic mass is 9.98. The summed E-state index contributed by atoms with van der Waals surface area (Å²) >= 11 is 5.75.